The number of carbonyl (C=O) groups excluding carboxylic acids is 4. The Hall–Kier alpha value is -2.90. The van der Waals surface area contributed by atoms with Crippen LogP contribution in [0.25, 0.3) is 0 Å². The van der Waals surface area contributed by atoms with Gasteiger partial charge in [-0.25, -0.2) is 4.79 Å². The summed E-state index contributed by atoms with van der Waals surface area (Å²) in [5.41, 5.74) is 0.749. The quantitative estimate of drug-likeness (QED) is 0.491. The minimum absolute atomic E-state index is 0.0130. The van der Waals surface area contributed by atoms with Crippen LogP contribution in [0, 0.1) is 5.92 Å². The fraction of sp³-hybridized carbons (Fsp3) is 0.273. The molecule has 162 valence electrons. The first-order valence-corrected chi connectivity index (χ1v) is 10.3. The lowest BCUT2D eigenvalue weighted by molar-refractivity contribution is -0.151. The molecule has 1 aliphatic heterocycles. The number of hydrogen-bond donors (Lipinski definition) is 1. The van der Waals surface area contributed by atoms with Gasteiger partial charge < -0.3 is 10.1 Å². The van der Waals surface area contributed by atoms with Crippen LogP contribution in [-0.4, -0.2) is 41.2 Å². The molecule has 31 heavy (non-hydrogen) atoms. The van der Waals surface area contributed by atoms with E-state index in [2.05, 4.69) is 5.32 Å². The number of benzene rings is 2. The zero-order valence-electron chi connectivity index (χ0n) is 16.9. The summed E-state index contributed by atoms with van der Waals surface area (Å²) < 4.78 is 5.14. The van der Waals surface area contributed by atoms with Crippen molar-refractivity contribution in [2.75, 3.05) is 11.9 Å². The molecule has 0 bridgehead atoms. The second kappa shape index (κ2) is 9.49. The highest BCUT2D eigenvalue weighted by molar-refractivity contribution is 6.44. The summed E-state index contributed by atoms with van der Waals surface area (Å²) in [4.78, 5) is 51.5. The second-order valence-corrected chi connectivity index (χ2v) is 8.21. The van der Waals surface area contributed by atoms with E-state index >= 15 is 0 Å². The van der Waals surface area contributed by atoms with Crippen LogP contribution in [0.5, 0.6) is 0 Å². The molecule has 1 atom stereocenters. The summed E-state index contributed by atoms with van der Waals surface area (Å²) in [5, 5.41) is 2.93. The van der Waals surface area contributed by atoms with Crippen LogP contribution in [0.2, 0.25) is 10.0 Å². The van der Waals surface area contributed by atoms with E-state index in [0.29, 0.717) is 0 Å². The Bertz CT molecular complexity index is 1020. The van der Waals surface area contributed by atoms with Crippen LogP contribution in [0.3, 0.4) is 0 Å². The first-order chi connectivity index (χ1) is 14.7. The number of rotatable bonds is 7. The molecule has 3 rings (SSSR count). The van der Waals surface area contributed by atoms with E-state index in [-0.39, 0.29) is 39.2 Å². The predicted octanol–water partition coefficient (Wildman–Crippen LogP) is 4.19. The van der Waals surface area contributed by atoms with E-state index in [1.165, 1.54) is 12.1 Å². The van der Waals surface area contributed by atoms with Gasteiger partial charge in [-0.2, -0.15) is 0 Å². The molecule has 0 unspecified atom stereocenters. The number of fused-ring (bicyclic) bond motifs is 1. The number of nitrogens with one attached hydrogen (secondary N) is 1. The third kappa shape index (κ3) is 4.89. The van der Waals surface area contributed by atoms with Gasteiger partial charge in [0.15, 0.2) is 6.61 Å². The van der Waals surface area contributed by atoms with Gasteiger partial charge in [-0.1, -0.05) is 55.2 Å². The lowest BCUT2D eigenvalue weighted by Crippen LogP contribution is -2.46. The SMILES string of the molecule is CC(C)C[C@@H](C(=O)OCC(=O)Nc1cccc(Cl)c1Cl)N1C(=O)c2ccccc2C1=O. The lowest BCUT2D eigenvalue weighted by atomic mass is 10.0. The van der Waals surface area contributed by atoms with E-state index < -0.39 is 36.3 Å². The minimum Gasteiger partial charge on any atom is -0.454 e. The van der Waals surface area contributed by atoms with Gasteiger partial charge in [-0.3, -0.25) is 19.3 Å². The highest BCUT2D eigenvalue weighted by Crippen LogP contribution is 2.30. The first kappa shape index (κ1) is 22.8. The molecule has 0 aliphatic carbocycles. The van der Waals surface area contributed by atoms with Crippen molar-refractivity contribution in [1.29, 1.82) is 0 Å². The van der Waals surface area contributed by atoms with Crippen LogP contribution < -0.4 is 5.32 Å². The molecular weight excluding hydrogens is 443 g/mol. The average molecular weight is 463 g/mol. The van der Waals surface area contributed by atoms with Crippen molar-refractivity contribution in [3.63, 3.8) is 0 Å². The van der Waals surface area contributed by atoms with Crippen molar-refractivity contribution in [3.8, 4) is 0 Å². The first-order valence-electron chi connectivity index (χ1n) is 9.58. The maximum Gasteiger partial charge on any atom is 0.329 e. The largest absolute Gasteiger partial charge is 0.454 e. The molecule has 7 nitrogen and oxygen atoms in total. The van der Waals surface area contributed by atoms with Crippen LogP contribution >= 0.6 is 23.2 Å². The molecule has 2 aromatic carbocycles. The number of carbonyl (C=O) groups is 4. The van der Waals surface area contributed by atoms with E-state index in [1.54, 1.807) is 30.3 Å². The smallest absolute Gasteiger partial charge is 0.329 e. The molecule has 3 amide bonds. The molecule has 0 saturated carbocycles. The van der Waals surface area contributed by atoms with Crippen molar-refractivity contribution in [1.82, 2.24) is 4.90 Å². The fourth-order valence-electron chi connectivity index (χ4n) is 3.26. The molecule has 1 heterocycles. The summed E-state index contributed by atoms with van der Waals surface area (Å²) in [5.74, 6) is -2.60. The summed E-state index contributed by atoms with van der Waals surface area (Å²) in [6.45, 7) is 3.10. The van der Waals surface area contributed by atoms with Gasteiger partial charge >= 0.3 is 5.97 Å². The molecule has 0 saturated heterocycles. The summed E-state index contributed by atoms with van der Waals surface area (Å²) in [6.07, 6.45) is 0.200. The van der Waals surface area contributed by atoms with Gasteiger partial charge in [0.05, 0.1) is 26.9 Å². The predicted molar refractivity (Wildman–Crippen MR) is 116 cm³/mol. The van der Waals surface area contributed by atoms with Gasteiger partial charge in [0.1, 0.15) is 6.04 Å². The van der Waals surface area contributed by atoms with Gasteiger partial charge in [0, 0.05) is 0 Å². The Labute approximate surface area is 189 Å². The number of halogens is 2. The zero-order valence-corrected chi connectivity index (χ0v) is 18.4. The van der Waals surface area contributed by atoms with Crippen molar-refractivity contribution in [2.45, 2.75) is 26.3 Å². The zero-order chi connectivity index (χ0) is 22.7. The van der Waals surface area contributed by atoms with E-state index in [0.717, 1.165) is 4.90 Å². The molecule has 0 spiro atoms. The van der Waals surface area contributed by atoms with Crippen LogP contribution in [0.1, 0.15) is 41.0 Å². The summed E-state index contributed by atoms with van der Waals surface area (Å²) in [6, 6.07) is 9.95. The van der Waals surface area contributed by atoms with E-state index in [1.807, 2.05) is 13.8 Å². The molecule has 9 heteroatoms. The van der Waals surface area contributed by atoms with Crippen molar-refractivity contribution in [3.05, 3.63) is 63.6 Å². The standard InChI is InChI=1S/C22H20Cl2N2O5/c1-12(2)10-17(26-20(28)13-6-3-4-7-14(13)21(26)29)22(30)31-11-18(27)25-16-9-5-8-15(23)19(16)24/h3-9,12,17H,10-11H2,1-2H3,(H,25,27)/t17-/m0/s1. The monoisotopic (exact) mass is 462 g/mol. The second-order valence-electron chi connectivity index (χ2n) is 7.43. The number of ether oxygens (including phenoxy) is 1. The minimum atomic E-state index is -1.14. The molecule has 1 N–H and O–H groups in total. The molecule has 0 aromatic heterocycles. The number of anilines is 1. The Balaban J connectivity index is 1.71. The molecule has 2 aromatic rings. The van der Waals surface area contributed by atoms with Gasteiger partial charge in [0.25, 0.3) is 17.7 Å². The van der Waals surface area contributed by atoms with Gasteiger partial charge in [-0.05, 0) is 36.6 Å². The number of hydrogen-bond acceptors (Lipinski definition) is 5. The fourth-order valence-corrected chi connectivity index (χ4v) is 3.61. The Morgan fingerprint density at radius 3 is 2.19 bits per heavy atom. The van der Waals surface area contributed by atoms with Crippen molar-refractivity contribution in [2.24, 2.45) is 5.92 Å². The number of amides is 3. The third-order valence-corrected chi connectivity index (χ3v) is 5.49. The molecule has 0 radical (unpaired) electrons. The number of imide groups is 1. The highest BCUT2D eigenvalue weighted by atomic mass is 35.5. The number of esters is 1. The summed E-state index contributed by atoms with van der Waals surface area (Å²) in [7, 11) is 0. The van der Waals surface area contributed by atoms with Crippen LogP contribution in [-0.2, 0) is 14.3 Å². The van der Waals surface area contributed by atoms with Crippen LogP contribution in [0.4, 0.5) is 5.69 Å². The van der Waals surface area contributed by atoms with E-state index in [4.69, 9.17) is 27.9 Å². The van der Waals surface area contributed by atoms with Gasteiger partial charge in [0.2, 0.25) is 0 Å². The molecule has 1 aliphatic rings. The van der Waals surface area contributed by atoms with E-state index in [9.17, 15) is 19.2 Å². The maximum atomic E-state index is 12.8. The van der Waals surface area contributed by atoms with Crippen molar-refractivity contribution >= 4 is 52.6 Å². The van der Waals surface area contributed by atoms with Crippen LogP contribution in [0.15, 0.2) is 42.5 Å². The van der Waals surface area contributed by atoms with Crippen molar-refractivity contribution < 1.29 is 23.9 Å². The van der Waals surface area contributed by atoms with Gasteiger partial charge in [-0.15, -0.1) is 0 Å². The number of nitrogens with zero attached hydrogens (tertiary/aromatic N) is 1. The Morgan fingerprint density at radius 2 is 1.61 bits per heavy atom. The summed E-state index contributed by atoms with van der Waals surface area (Å²) >= 11 is 11.9. The Morgan fingerprint density at radius 1 is 1.00 bits per heavy atom. The maximum absolute atomic E-state index is 12.8. The average Bonchev–Trinajstić information content (AvgIpc) is 2.98. The topological polar surface area (TPSA) is 92.8 Å². The Kier molecular flexibility index (Phi) is 6.97. The highest BCUT2D eigenvalue weighted by Gasteiger charge is 2.43. The normalized spacial score (nSPS) is 13.9. The molecular formula is C22H20Cl2N2O5. The molecule has 0 fully saturated rings. The lowest BCUT2D eigenvalue weighted by Gasteiger charge is -2.25. The third-order valence-electron chi connectivity index (χ3n) is 4.68.